The minimum absolute atomic E-state index is 0.0118. The maximum atomic E-state index is 12.6. The van der Waals surface area contributed by atoms with Gasteiger partial charge < -0.3 is 20.5 Å². The van der Waals surface area contributed by atoms with E-state index in [1.165, 1.54) is 0 Å². The fourth-order valence-corrected chi connectivity index (χ4v) is 4.01. The average molecular weight is 344 g/mol. The maximum Gasteiger partial charge on any atom is 0.259 e. The molecule has 0 aromatic carbocycles. The third-order valence-corrected chi connectivity index (χ3v) is 5.31. The van der Waals surface area contributed by atoms with Crippen LogP contribution in [0.4, 0.5) is 5.82 Å². The number of hydrogen-bond donors (Lipinski definition) is 3. The Hall–Kier alpha value is -2.06. The van der Waals surface area contributed by atoms with Gasteiger partial charge in [0.2, 0.25) is 0 Å². The van der Waals surface area contributed by atoms with Crippen LogP contribution in [0.25, 0.3) is 11.0 Å². The minimum atomic E-state index is 0.0118. The molecule has 7 nitrogen and oxygen atoms in total. The van der Waals surface area contributed by atoms with Gasteiger partial charge in [0.15, 0.2) is 0 Å². The summed E-state index contributed by atoms with van der Waals surface area (Å²) in [6.07, 6.45) is 7.46. The van der Waals surface area contributed by atoms with Crippen LogP contribution in [0.15, 0.2) is 29.7 Å². The van der Waals surface area contributed by atoms with Gasteiger partial charge in [0.25, 0.3) is 5.91 Å². The average Bonchev–Trinajstić information content (AvgIpc) is 3.11. The molecule has 1 saturated heterocycles. The highest BCUT2D eigenvalue weighted by Crippen LogP contribution is 2.29. The number of carbonyl (C=O) groups excluding carboxylic acids is 1. The summed E-state index contributed by atoms with van der Waals surface area (Å²) < 4.78 is 0. The van der Waals surface area contributed by atoms with E-state index in [-0.39, 0.29) is 11.9 Å². The first kappa shape index (κ1) is 15.5. The van der Waals surface area contributed by atoms with Crippen molar-refractivity contribution < 1.29 is 4.79 Å². The van der Waals surface area contributed by atoms with E-state index in [2.05, 4.69) is 25.6 Å². The first-order valence-corrected chi connectivity index (χ1v) is 9.21. The molecule has 0 radical (unpaired) electrons. The van der Waals surface area contributed by atoms with Crippen molar-refractivity contribution in [2.24, 2.45) is 0 Å². The summed E-state index contributed by atoms with van der Waals surface area (Å²) in [6, 6.07) is 2.19. The highest BCUT2D eigenvalue weighted by molar-refractivity contribution is 8.04. The molecular weight excluding hydrogens is 324 g/mol. The lowest BCUT2D eigenvalue weighted by Gasteiger charge is -2.28. The summed E-state index contributed by atoms with van der Waals surface area (Å²) in [6.45, 7) is 2.71. The fraction of sp³-hybridized carbons (Fsp3) is 0.438. The highest BCUT2D eigenvalue weighted by Gasteiger charge is 2.23. The largest absolute Gasteiger partial charge is 0.348 e. The first-order chi connectivity index (χ1) is 11.8. The van der Waals surface area contributed by atoms with Crippen molar-refractivity contribution in [2.45, 2.75) is 18.9 Å². The second kappa shape index (κ2) is 6.82. The van der Waals surface area contributed by atoms with Crippen molar-refractivity contribution in [1.29, 1.82) is 0 Å². The SMILES string of the molecule is O=C(N[C@@H]1CCCNC1)C1=CN(c2ncnc3[nH]ccc23)CCS1. The summed E-state index contributed by atoms with van der Waals surface area (Å²) in [5.41, 5.74) is 0.811. The van der Waals surface area contributed by atoms with E-state index in [0.29, 0.717) is 0 Å². The van der Waals surface area contributed by atoms with Crippen molar-refractivity contribution in [3.05, 3.63) is 29.7 Å². The number of anilines is 1. The first-order valence-electron chi connectivity index (χ1n) is 8.22. The minimum Gasteiger partial charge on any atom is -0.348 e. The number of thioether (sulfide) groups is 1. The van der Waals surface area contributed by atoms with E-state index in [1.54, 1.807) is 18.1 Å². The predicted octanol–water partition coefficient (Wildman–Crippen LogP) is 1.22. The van der Waals surface area contributed by atoms with Crippen LogP contribution in [0, 0.1) is 0 Å². The number of amides is 1. The Morgan fingerprint density at radius 2 is 2.38 bits per heavy atom. The molecule has 1 fully saturated rings. The van der Waals surface area contributed by atoms with E-state index in [9.17, 15) is 4.79 Å². The lowest BCUT2D eigenvalue weighted by molar-refractivity contribution is -0.117. The van der Waals surface area contributed by atoms with Crippen LogP contribution in [0.3, 0.4) is 0 Å². The second-order valence-corrected chi connectivity index (χ2v) is 7.13. The third kappa shape index (κ3) is 3.11. The van der Waals surface area contributed by atoms with Gasteiger partial charge in [0.05, 0.1) is 10.3 Å². The van der Waals surface area contributed by atoms with Gasteiger partial charge in [0.1, 0.15) is 17.8 Å². The van der Waals surface area contributed by atoms with Crippen molar-refractivity contribution in [1.82, 2.24) is 25.6 Å². The molecule has 126 valence electrons. The van der Waals surface area contributed by atoms with Crippen LogP contribution in [0.2, 0.25) is 0 Å². The topological polar surface area (TPSA) is 85.9 Å². The standard InChI is InChI=1S/C16H20N6OS/c23-16(21-11-2-1-4-17-8-11)13-9-22(6-7-24-13)15-12-3-5-18-14(12)19-10-20-15/h3,5,9-11,17H,1-2,4,6-8H2,(H,21,23)(H,18,19,20)/t11-/m1/s1. The van der Waals surface area contributed by atoms with Crippen LogP contribution >= 0.6 is 11.8 Å². The van der Waals surface area contributed by atoms with Gasteiger partial charge in [-0.3, -0.25) is 4.79 Å². The number of hydrogen-bond acceptors (Lipinski definition) is 6. The van der Waals surface area contributed by atoms with Gasteiger partial charge in [0, 0.05) is 37.3 Å². The zero-order valence-electron chi connectivity index (χ0n) is 13.3. The van der Waals surface area contributed by atoms with Gasteiger partial charge in [-0.1, -0.05) is 0 Å². The molecule has 2 aromatic rings. The summed E-state index contributed by atoms with van der Waals surface area (Å²) in [5, 5.41) is 7.43. The second-order valence-electron chi connectivity index (χ2n) is 5.99. The number of piperidine rings is 1. The van der Waals surface area contributed by atoms with Crippen LogP contribution < -0.4 is 15.5 Å². The number of H-pyrrole nitrogens is 1. The number of carbonyl (C=O) groups is 1. The molecular formula is C16H20N6OS. The van der Waals surface area contributed by atoms with Gasteiger partial charge >= 0.3 is 0 Å². The highest BCUT2D eigenvalue weighted by atomic mass is 32.2. The molecule has 8 heteroatoms. The van der Waals surface area contributed by atoms with Crippen molar-refractivity contribution in [3.8, 4) is 0 Å². The Balaban J connectivity index is 1.54. The molecule has 0 saturated carbocycles. The zero-order valence-corrected chi connectivity index (χ0v) is 14.1. The smallest absolute Gasteiger partial charge is 0.259 e. The molecule has 2 aliphatic rings. The number of aromatic amines is 1. The van der Waals surface area contributed by atoms with E-state index in [0.717, 1.165) is 60.0 Å². The van der Waals surface area contributed by atoms with Crippen LogP contribution in [0.1, 0.15) is 12.8 Å². The summed E-state index contributed by atoms with van der Waals surface area (Å²) in [7, 11) is 0. The molecule has 2 aromatic heterocycles. The molecule has 3 N–H and O–H groups in total. The van der Waals surface area contributed by atoms with Gasteiger partial charge in [-0.2, -0.15) is 0 Å². The number of rotatable bonds is 3. The lowest BCUT2D eigenvalue weighted by atomic mass is 10.1. The quantitative estimate of drug-likeness (QED) is 0.776. The Kier molecular flexibility index (Phi) is 4.40. The van der Waals surface area contributed by atoms with E-state index >= 15 is 0 Å². The lowest BCUT2D eigenvalue weighted by Crippen LogP contribution is -2.46. The zero-order chi connectivity index (χ0) is 16.4. The van der Waals surface area contributed by atoms with Crippen LogP contribution in [-0.4, -0.2) is 52.3 Å². The molecule has 0 unspecified atom stereocenters. The molecule has 24 heavy (non-hydrogen) atoms. The molecule has 0 spiro atoms. The van der Waals surface area contributed by atoms with E-state index in [1.807, 2.05) is 23.4 Å². The van der Waals surface area contributed by atoms with Gasteiger partial charge in [-0.05, 0) is 25.5 Å². The Labute approximate surface area is 144 Å². The summed E-state index contributed by atoms with van der Waals surface area (Å²) >= 11 is 1.60. The number of fused-ring (bicyclic) bond motifs is 1. The molecule has 0 bridgehead atoms. The van der Waals surface area contributed by atoms with Gasteiger partial charge in [-0.15, -0.1) is 11.8 Å². The summed E-state index contributed by atoms with van der Waals surface area (Å²) in [4.78, 5) is 27.1. The van der Waals surface area contributed by atoms with Crippen molar-refractivity contribution in [3.63, 3.8) is 0 Å². The maximum absolute atomic E-state index is 12.6. The third-order valence-electron chi connectivity index (χ3n) is 4.32. The van der Waals surface area contributed by atoms with Crippen LogP contribution in [-0.2, 0) is 4.79 Å². The Morgan fingerprint density at radius 1 is 1.42 bits per heavy atom. The fourth-order valence-electron chi connectivity index (χ4n) is 3.11. The molecule has 0 aliphatic carbocycles. The van der Waals surface area contributed by atoms with Crippen LogP contribution in [0.5, 0.6) is 0 Å². The number of aromatic nitrogens is 3. The Bertz CT molecular complexity index is 767. The molecule has 4 rings (SSSR count). The normalized spacial score (nSPS) is 21.6. The molecule has 1 atom stereocenters. The van der Waals surface area contributed by atoms with Gasteiger partial charge in [-0.25, -0.2) is 9.97 Å². The predicted molar refractivity (Wildman–Crippen MR) is 95.8 cm³/mol. The molecule has 4 heterocycles. The number of nitrogens with one attached hydrogen (secondary N) is 3. The number of nitrogens with zero attached hydrogens (tertiary/aromatic N) is 3. The van der Waals surface area contributed by atoms with Crippen molar-refractivity contribution in [2.75, 3.05) is 30.3 Å². The van der Waals surface area contributed by atoms with E-state index in [4.69, 9.17) is 0 Å². The molecule has 2 aliphatic heterocycles. The molecule has 1 amide bonds. The Morgan fingerprint density at radius 3 is 3.25 bits per heavy atom. The van der Waals surface area contributed by atoms with E-state index < -0.39 is 0 Å². The van der Waals surface area contributed by atoms with Crippen molar-refractivity contribution >= 4 is 34.5 Å². The monoisotopic (exact) mass is 344 g/mol. The summed E-state index contributed by atoms with van der Waals surface area (Å²) in [5.74, 6) is 1.71.